The maximum Gasteiger partial charge on any atom is 0.255 e. The first-order valence-electron chi connectivity index (χ1n) is 6.42. The molecule has 1 aromatic rings. The summed E-state index contributed by atoms with van der Waals surface area (Å²) >= 11 is 3.37. The van der Waals surface area contributed by atoms with E-state index >= 15 is 0 Å². The molecule has 0 aromatic heterocycles. The number of nitrogens with two attached hydrogens (primary N) is 1. The molecule has 0 radical (unpaired) electrons. The summed E-state index contributed by atoms with van der Waals surface area (Å²) in [5.74, 6) is 0.467. The minimum absolute atomic E-state index is 0.106. The van der Waals surface area contributed by atoms with Crippen LogP contribution in [0.5, 0.6) is 5.75 Å². The second-order valence-corrected chi connectivity index (χ2v) is 6.00. The number of rotatable bonds is 5. The molecule has 1 aliphatic rings. The number of methoxy groups -OCH3 is 1. The van der Waals surface area contributed by atoms with Crippen LogP contribution in [-0.2, 0) is 0 Å². The second kappa shape index (κ2) is 5.92. The average molecular weight is 327 g/mol. The van der Waals surface area contributed by atoms with Crippen molar-refractivity contribution in [2.75, 3.05) is 20.2 Å². The lowest BCUT2D eigenvalue weighted by molar-refractivity contribution is 0.0873. The lowest BCUT2D eigenvalue weighted by Gasteiger charge is -2.41. The van der Waals surface area contributed by atoms with Gasteiger partial charge in [0.05, 0.1) is 12.7 Å². The molecule has 4 nitrogen and oxygen atoms in total. The monoisotopic (exact) mass is 326 g/mol. The van der Waals surface area contributed by atoms with E-state index in [0.29, 0.717) is 24.4 Å². The molecule has 1 aromatic carbocycles. The van der Waals surface area contributed by atoms with Gasteiger partial charge in [-0.2, -0.15) is 0 Å². The van der Waals surface area contributed by atoms with Gasteiger partial charge in [0.15, 0.2) is 0 Å². The average Bonchev–Trinajstić information content (AvgIpc) is 2.37. The number of carbonyl (C=O) groups is 1. The Bertz CT molecular complexity index is 467. The second-order valence-electron chi connectivity index (χ2n) is 5.08. The summed E-state index contributed by atoms with van der Waals surface area (Å²) in [4.78, 5) is 12.2. The molecule has 19 heavy (non-hydrogen) atoms. The molecule has 5 heteroatoms. The summed E-state index contributed by atoms with van der Waals surface area (Å²) in [6.45, 7) is 1.26. The van der Waals surface area contributed by atoms with E-state index in [9.17, 15) is 4.79 Å². The molecule has 0 aliphatic heterocycles. The minimum Gasteiger partial charge on any atom is -0.496 e. The van der Waals surface area contributed by atoms with E-state index < -0.39 is 0 Å². The van der Waals surface area contributed by atoms with Crippen LogP contribution in [0.15, 0.2) is 22.7 Å². The molecule has 0 heterocycles. The van der Waals surface area contributed by atoms with Gasteiger partial charge in [-0.1, -0.05) is 22.4 Å². The van der Waals surface area contributed by atoms with Crippen LogP contribution in [0.2, 0.25) is 0 Å². The van der Waals surface area contributed by atoms with E-state index in [4.69, 9.17) is 10.5 Å². The van der Waals surface area contributed by atoms with E-state index in [2.05, 4.69) is 21.2 Å². The molecular formula is C14H19BrN2O2. The van der Waals surface area contributed by atoms with Crippen LogP contribution in [0.4, 0.5) is 0 Å². The summed E-state index contributed by atoms with van der Waals surface area (Å²) in [6, 6.07) is 5.40. The first-order chi connectivity index (χ1) is 9.10. The zero-order valence-corrected chi connectivity index (χ0v) is 12.6. The van der Waals surface area contributed by atoms with Gasteiger partial charge in [-0.15, -0.1) is 0 Å². The number of hydrogen-bond donors (Lipinski definition) is 2. The first-order valence-corrected chi connectivity index (χ1v) is 7.21. The fourth-order valence-corrected chi connectivity index (χ4v) is 2.71. The summed E-state index contributed by atoms with van der Waals surface area (Å²) in [5, 5.41) is 2.97. The number of carbonyl (C=O) groups excluding carboxylic acids is 1. The van der Waals surface area contributed by atoms with Crippen molar-refractivity contribution in [1.82, 2.24) is 5.32 Å². The maximum atomic E-state index is 12.2. The number of ether oxygens (including phenoxy) is 1. The van der Waals surface area contributed by atoms with Crippen LogP contribution in [0.1, 0.15) is 29.6 Å². The normalized spacial score (nSPS) is 16.6. The molecule has 0 spiro atoms. The third-order valence-corrected chi connectivity index (χ3v) is 4.37. The number of benzene rings is 1. The van der Waals surface area contributed by atoms with E-state index in [-0.39, 0.29) is 11.3 Å². The number of hydrogen-bond acceptors (Lipinski definition) is 3. The van der Waals surface area contributed by atoms with Crippen LogP contribution in [0.25, 0.3) is 0 Å². The van der Waals surface area contributed by atoms with Crippen LogP contribution >= 0.6 is 15.9 Å². The van der Waals surface area contributed by atoms with Gasteiger partial charge in [-0.05, 0) is 43.0 Å². The molecule has 104 valence electrons. The highest BCUT2D eigenvalue weighted by Crippen LogP contribution is 2.39. The standard InChI is InChI=1S/C14H19BrN2O2/c1-19-12-4-3-10(15)7-11(12)13(18)17-9-14(8-16)5-2-6-14/h3-4,7H,2,5-6,8-9,16H2,1H3,(H,17,18). The molecule has 2 rings (SSSR count). The third kappa shape index (κ3) is 3.09. The Hall–Kier alpha value is -1.07. The quantitative estimate of drug-likeness (QED) is 0.872. The van der Waals surface area contributed by atoms with Gasteiger partial charge in [0.2, 0.25) is 0 Å². The molecule has 0 saturated heterocycles. The van der Waals surface area contributed by atoms with Crippen molar-refractivity contribution in [3.8, 4) is 5.75 Å². The van der Waals surface area contributed by atoms with Crippen molar-refractivity contribution in [2.45, 2.75) is 19.3 Å². The van der Waals surface area contributed by atoms with Crippen LogP contribution in [0, 0.1) is 5.41 Å². The van der Waals surface area contributed by atoms with Crippen molar-refractivity contribution >= 4 is 21.8 Å². The van der Waals surface area contributed by atoms with Gasteiger partial charge in [0.25, 0.3) is 5.91 Å². The van der Waals surface area contributed by atoms with Crippen LogP contribution < -0.4 is 15.8 Å². The number of nitrogens with one attached hydrogen (secondary N) is 1. The van der Waals surface area contributed by atoms with Gasteiger partial charge in [-0.25, -0.2) is 0 Å². The molecule has 0 unspecified atom stereocenters. The molecule has 1 fully saturated rings. The summed E-state index contributed by atoms with van der Waals surface area (Å²) < 4.78 is 6.07. The maximum absolute atomic E-state index is 12.2. The Balaban J connectivity index is 2.05. The highest BCUT2D eigenvalue weighted by molar-refractivity contribution is 9.10. The van der Waals surface area contributed by atoms with Gasteiger partial charge in [0.1, 0.15) is 5.75 Å². The van der Waals surface area contributed by atoms with Gasteiger partial charge >= 0.3 is 0 Å². The lowest BCUT2D eigenvalue weighted by atomic mass is 9.69. The fraction of sp³-hybridized carbons (Fsp3) is 0.500. The fourth-order valence-electron chi connectivity index (χ4n) is 2.35. The topological polar surface area (TPSA) is 64.3 Å². The Labute approximate surface area is 121 Å². The Morgan fingerprint density at radius 1 is 1.53 bits per heavy atom. The predicted octanol–water partition coefficient (Wildman–Crippen LogP) is 2.32. The van der Waals surface area contributed by atoms with Gasteiger partial charge < -0.3 is 15.8 Å². The first kappa shape index (κ1) is 14.3. The molecule has 1 saturated carbocycles. The van der Waals surface area contributed by atoms with E-state index in [1.807, 2.05) is 6.07 Å². The predicted molar refractivity (Wildman–Crippen MR) is 78.4 cm³/mol. The SMILES string of the molecule is COc1ccc(Br)cc1C(=O)NCC1(CN)CCC1. The van der Waals surface area contributed by atoms with Crippen molar-refractivity contribution in [2.24, 2.45) is 11.1 Å². The molecular weight excluding hydrogens is 308 g/mol. The Kier molecular flexibility index (Phi) is 4.47. The summed E-state index contributed by atoms with van der Waals surface area (Å²) in [5.41, 5.74) is 6.44. The zero-order valence-electron chi connectivity index (χ0n) is 11.0. The molecule has 3 N–H and O–H groups in total. The minimum atomic E-state index is -0.113. The van der Waals surface area contributed by atoms with Gasteiger partial charge in [-0.3, -0.25) is 4.79 Å². The molecule has 1 aliphatic carbocycles. The van der Waals surface area contributed by atoms with E-state index in [1.165, 1.54) is 6.42 Å². The van der Waals surface area contributed by atoms with Crippen molar-refractivity contribution in [3.63, 3.8) is 0 Å². The zero-order chi connectivity index (χ0) is 13.9. The third-order valence-electron chi connectivity index (χ3n) is 3.88. The molecule has 0 bridgehead atoms. The van der Waals surface area contributed by atoms with Gasteiger partial charge in [0, 0.05) is 11.0 Å². The smallest absolute Gasteiger partial charge is 0.255 e. The van der Waals surface area contributed by atoms with E-state index in [1.54, 1.807) is 19.2 Å². The summed E-state index contributed by atoms with van der Waals surface area (Å²) in [6.07, 6.45) is 3.39. The number of amides is 1. The van der Waals surface area contributed by atoms with Crippen LogP contribution in [0.3, 0.4) is 0 Å². The Morgan fingerprint density at radius 3 is 2.79 bits per heavy atom. The highest BCUT2D eigenvalue weighted by atomic mass is 79.9. The van der Waals surface area contributed by atoms with Crippen molar-refractivity contribution in [1.29, 1.82) is 0 Å². The largest absolute Gasteiger partial charge is 0.496 e. The van der Waals surface area contributed by atoms with Crippen molar-refractivity contribution in [3.05, 3.63) is 28.2 Å². The van der Waals surface area contributed by atoms with Crippen LogP contribution in [-0.4, -0.2) is 26.1 Å². The number of halogens is 1. The highest BCUT2D eigenvalue weighted by Gasteiger charge is 2.35. The molecule has 1 amide bonds. The lowest BCUT2D eigenvalue weighted by Crippen LogP contribution is -2.46. The van der Waals surface area contributed by atoms with Crippen molar-refractivity contribution < 1.29 is 9.53 Å². The Morgan fingerprint density at radius 2 is 2.26 bits per heavy atom. The van der Waals surface area contributed by atoms with E-state index in [0.717, 1.165) is 17.3 Å². The molecule has 0 atom stereocenters. The summed E-state index contributed by atoms with van der Waals surface area (Å²) in [7, 11) is 1.56.